The summed E-state index contributed by atoms with van der Waals surface area (Å²) in [5.74, 6) is -0.618. The molecule has 0 radical (unpaired) electrons. The van der Waals surface area contributed by atoms with E-state index in [-0.39, 0.29) is 5.69 Å². The summed E-state index contributed by atoms with van der Waals surface area (Å²) in [7, 11) is 1.23. The van der Waals surface area contributed by atoms with E-state index in [1.807, 2.05) is 0 Å². The van der Waals surface area contributed by atoms with Gasteiger partial charge >= 0.3 is 5.97 Å². The van der Waals surface area contributed by atoms with Crippen LogP contribution in [0.1, 0.15) is 18.6 Å². The molecule has 0 aromatic heterocycles. The molecule has 2 rings (SSSR count). The van der Waals surface area contributed by atoms with Crippen LogP contribution in [0.3, 0.4) is 0 Å². The first-order valence-corrected chi connectivity index (χ1v) is 5.66. The number of rotatable bonds is 3. The van der Waals surface area contributed by atoms with Gasteiger partial charge in [0.2, 0.25) is 0 Å². The highest BCUT2D eigenvalue weighted by molar-refractivity contribution is 5.76. The number of hydrogen-bond acceptors (Lipinski definition) is 6. The highest BCUT2D eigenvalue weighted by atomic mass is 16.7. The summed E-state index contributed by atoms with van der Waals surface area (Å²) in [6.45, 7) is 1.62. The third-order valence-electron chi connectivity index (χ3n) is 2.82. The largest absolute Gasteiger partial charge is 0.467 e. The molecular formula is C12H13NO6. The first kappa shape index (κ1) is 13.4. The Kier molecular flexibility index (Phi) is 3.77. The van der Waals surface area contributed by atoms with Crippen LogP contribution < -0.4 is 0 Å². The topological polar surface area (TPSA) is 87.9 Å². The molecule has 1 aliphatic rings. The van der Waals surface area contributed by atoms with Crippen molar-refractivity contribution in [3.8, 4) is 0 Å². The molecule has 19 heavy (non-hydrogen) atoms. The fourth-order valence-corrected chi connectivity index (χ4v) is 2.01. The smallest absolute Gasteiger partial charge is 0.338 e. The van der Waals surface area contributed by atoms with Crippen molar-refractivity contribution in [1.82, 2.24) is 0 Å². The van der Waals surface area contributed by atoms with Gasteiger partial charge in [0, 0.05) is 6.07 Å². The molecule has 1 saturated heterocycles. The number of para-hydroxylation sites is 1. The number of nitro groups is 1. The number of esters is 1. The summed E-state index contributed by atoms with van der Waals surface area (Å²) in [6, 6.07) is 6.09. The van der Waals surface area contributed by atoms with Crippen LogP contribution in [0.25, 0.3) is 0 Å². The lowest BCUT2D eigenvalue weighted by molar-refractivity contribution is -0.386. The molecule has 0 bridgehead atoms. The van der Waals surface area contributed by atoms with Crippen LogP contribution in [-0.2, 0) is 19.0 Å². The number of nitro benzene ring substituents is 1. The van der Waals surface area contributed by atoms with Gasteiger partial charge in [-0.2, -0.15) is 0 Å². The second-order valence-electron chi connectivity index (χ2n) is 4.02. The maximum absolute atomic E-state index is 11.6. The van der Waals surface area contributed by atoms with Gasteiger partial charge in [0.25, 0.3) is 5.69 Å². The Bertz CT molecular complexity index is 503. The summed E-state index contributed by atoms with van der Waals surface area (Å²) in [6.07, 6.45) is -2.47. The van der Waals surface area contributed by atoms with Crippen molar-refractivity contribution in [3.05, 3.63) is 39.9 Å². The molecule has 7 heteroatoms. The molecule has 1 unspecified atom stereocenters. The van der Waals surface area contributed by atoms with Crippen molar-refractivity contribution < 1.29 is 23.9 Å². The number of ether oxygens (including phenoxy) is 3. The number of benzene rings is 1. The maximum atomic E-state index is 11.6. The van der Waals surface area contributed by atoms with Crippen molar-refractivity contribution in [2.24, 2.45) is 0 Å². The minimum atomic E-state index is -0.999. The molecule has 7 nitrogen and oxygen atoms in total. The molecule has 102 valence electrons. The molecule has 1 heterocycles. The van der Waals surface area contributed by atoms with E-state index in [4.69, 9.17) is 9.47 Å². The second-order valence-corrected chi connectivity index (χ2v) is 4.02. The SMILES string of the molecule is COC(=O)[C@@H]1OC(C)O[C@H]1c1ccccc1[N+](=O)[O-]. The summed E-state index contributed by atoms with van der Waals surface area (Å²) in [5.41, 5.74) is 0.186. The first-order chi connectivity index (χ1) is 9.04. The standard InChI is InChI=1S/C12H13NO6/c1-7-18-10(11(19-7)12(14)17-2)8-5-3-4-6-9(8)13(15)16/h3-7,10-11H,1-2H3/t7?,10-,11+/m0/s1. The molecule has 1 aromatic rings. The average molecular weight is 267 g/mol. The zero-order valence-corrected chi connectivity index (χ0v) is 10.4. The molecule has 3 atom stereocenters. The lowest BCUT2D eigenvalue weighted by Crippen LogP contribution is -2.27. The molecular weight excluding hydrogens is 254 g/mol. The zero-order chi connectivity index (χ0) is 14.0. The van der Waals surface area contributed by atoms with Gasteiger partial charge in [-0.05, 0) is 13.0 Å². The summed E-state index contributed by atoms with van der Waals surface area (Å²) in [4.78, 5) is 22.1. The van der Waals surface area contributed by atoms with Crippen molar-refractivity contribution >= 4 is 11.7 Å². The molecule has 0 aliphatic carbocycles. The Morgan fingerprint density at radius 3 is 2.68 bits per heavy atom. The first-order valence-electron chi connectivity index (χ1n) is 5.66. The fraction of sp³-hybridized carbons (Fsp3) is 0.417. The second kappa shape index (κ2) is 5.33. The third kappa shape index (κ3) is 2.56. The Morgan fingerprint density at radius 1 is 1.37 bits per heavy atom. The Balaban J connectivity index is 2.39. The monoisotopic (exact) mass is 267 g/mol. The van der Waals surface area contributed by atoms with Gasteiger partial charge in [-0.3, -0.25) is 10.1 Å². The quantitative estimate of drug-likeness (QED) is 0.469. The Labute approximate surface area is 109 Å². The van der Waals surface area contributed by atoms with Crippen LogP contribution in [0, 0.1) is 10.1 Å². The van der Waals surface area contributed by atoms with Crippen molar-refractivity contribution in [2.75, 3.05) is 7.11 Å². The number of methoxy groups -OCH3 is 1. The van der Waals surface area contributed by atoms with Gasteiger partial charge in [-0.25, -0.2) is 4.79 Å². The molecule has 0 saturated carbocycles. The van der Waals surface area contributed by atoms with E-state index >= 15 is 0 Å². The highest BCUT2D eigenvalue weighted by Crippen LogP contribution is 2.37. The molecule has 0 spiro atoms. The minimum absolute atomic E-state index is 0.112. The Morgan fingerprint density at radius 2 is 2.05 bits per heavy atom. The fourth-order valence-electron chi connectivity index (χ4n) is 2.01. The lowest BCUT2D eigenvalue weighted by atomic mass is 10.0. The Hall–Kier alpha value is -1.99. The number of carbonyl (C=O) groups is 1. The predicted molar refractivity (Wildman–Crippen MR) is 63.3 cm³/mol. The average Bonchev–Trinajstić information content (AvgIpc) is 2.79. The molecule has 1 aromatic carbocycles. The predicted octanol–water partition coefficient (Wildman–Crippen LogP) is 1.57. The van der Waals surface area contributed by atoms with Crippen LogP contribution in [0.4, 0.5) is 5.69 Å². The molecule has 1 aliphatic heterocycles. The summed E-state index contributed by atoms with van der Waals surface area (Å²) < 4.78 is 15.4. The van der Waals surface area contributed by atoms with E-state index < -0.39 is 29.4 Å². The van der Waals surface area contributed by atoms with Crippen molar-refractivity contribution in [1.29, 1.82) is 0 Å². The van der Waals surface area contributed by atoms with Gasteiger partial charge in [0.15, 0.2) is 12.4 Å². The van der Waals surface area contributed by atoms with Crippen molar-refractivity contribution in [3.63, 3.8) is 0 Å². The van der Waals surface area contributed by atoms with E-state index in [0.717, 1.165) is 0 Å². The number of nitrogens with zero attached hydrogens (tertiary/aromatic N) is 1. The number of carbonyl (C=O) groups excluding carboxylic acids is 1. The van der Waals surface area contributed by atoms with Crippen LogP contribution in [0.15, 0.2) is 24.3 Å². The van der Waals surface area contributed by atoms with Gasteiger partial charge in [-0.1, -0.05) is 12.1 Å². The van der Waals surface area contributed by atoms with E-state index in [9.17, 15) is 14.9 Å². The summed E-state index contributed by atoms with van der Waals surface area (Å²) >= 11 is 0. The highest BCUT2D eigenvalue weighted by Gasteiger charge is 2.43. The molecule has 0 N–H and O–H groups in total. The van der Waals surface area contributed by atoms with Gasteiger partial charge in [0.05, 0.1) is 17.6 Å². The van der Waals surface area contributed by atoms with Crippen LogP contribution in [0.2, 0.25) is 0 Å². The van der Waals surface area contributed by atoms with E-state index in [1.54, 1.807) is 25.1 Å². The van der Waals surface area contributed by atoms with Crippen LogP contribution in [-0.4, -0.2) is 30.4 Å². The zero-order valence-electron chi connectivity index (χ0n) is 10.4. The normalized spacial score (nSPS) is 26.1. The van der Waals surface area contributed by atoms with Gasteiger partial charge in [-0.15, -0.1) is 0 Å². The van der Waals surface area contributed by atoms with E-state index in [1.165, 1.54) is 13.2 Å². The van der Waals surface area contributed by atoms with Gasteiger partial charge < -0.3 is 14.2 Å². The summed E-state index contributed by atoms with van der Waals surface area (Å²) in [5, 5.41) is 11.0. The van der Waals surface area contributed by atoms with Crippen molar-refractivity contribution in [2.45, 2.75) is 25.4 Å². The third-order valence-corrected chi connectivity index (χ3v) is 2.82. The minimum Gasteiger partial charge on any atom is -0.467 e. The molecule has 1 fully saturated rings. The molecule has 0 amide bonds. The van der Waals surface area contributed by atoms with Crippen LogP contribution >= 0.6 is 0 Å². The maximum Gasteiger partial charge on any atom is 0.338 e. The van der Waals surface area contributed by atoms with E-state index in [0.29, 0.717) is 5.56 Å². The lowest BCUT2D eigenvalue weighted by Gasteiger charge is -2.14. The van der Waals surface area contributed by atoms with Gasteiger partial charge in [0.1, 0.15) is 6.10 Å². The van der Waals surface area contributed by atoms with E-state index in [2.05, 4.69) is 4.74 Å². The van der Waals surface area contributed by atoms with Crippen LogP contribution in [0.5, 0.6) is 0 Å². The number of hydrogen-bond donors (Lipinski definition) is 0.